The molecule has 0 saturated carbocycles. The molecule has 1 fully saturated rings. The van der Waals surface area contributed by atoms with Crippen LogP contribution >= 0.6 is 11.3 Å². The second kappa shape index (κ2) is 7.44. The van der Waals surface area contributed by atoms with Gasteiger partial charge in [-0.2, -0.15) is 5.10 Å². The van der Waals surface area contributed by atoms with Gasteiger partial charge in [-0.3, -0.25) is 14.4 Å². The normalized spacial score (nSPS) is 18.7. The summed E-state index contributed by atoms with van der Waals surface area (Å²) >= 11 is 1.56. The Labute approximate surface area is 146 Å². The number of aryl methyl sites for hydroxylation is 3. The highest BCUT2D eigenvalue weighted by Gasteiger charge is 2.24. The van der Waals surface area contributed by atoms with Crippen LogP contribution in [-0.2, 0) is 18.3 Å². The molecule has 1 atom stereocenters. The van der Waals surface area contributed by atoms with Crippen molar-refractivity contribution in [2.75, 3.05) is 25.0 Å². The van der Waals surface area contributed by atoms with E-state index in [-0.39, 0.29) is 5.91 Å². The monoisotopic (exact) mass is 347 g/mol. The van der Waals surface area contributed by atoms with Gasteiger partial charge in [0.1, 0.15) is 0 Å². The molecule has 0 unspecified atom stereocenters. The molecule has 2 aromatic heterocycles. The number of nitrogens with one attached hydrogen (secondary N) is 1. The van der Waals surface area contributed by atoms with Crippen molar-refractivity contribution < 1.29 is 4.79 Å². The molecule has 0 aromatic carbocycles. The number of likely N-dealkylation sites (tertiary alicyclic amines) is 1. The van der Waals surface area contributed by atoms with Crippen molar-refractivity contribution in [1.82, 2.24) is 19.7 Å². The quantitative estimate of drug-likeness (QED) is 0.903. The lowest BCUT2D eigenvalue weighted by Gasteiger charge is -2.32. The highest BCUT2D eigenvalue weighted by atomic mass is 32.1. The summed E-state index contributed by atoms with van der Waals surface area (Å²) in [6, 6.07) is 2.08. The van der Waals surface area contributed by atoms with Crippen LogP contribution in [0.5, 0.6) is 0 Å². The molecule has 1 N–H and O–H groups in total. The SMILES string of the molecule is CCc1nc(NC(=O)CN2CCC[C@H](c3ccnn3C)C2)sc1C. The first-order valence-corrected chi connectivity index (χ1v) is 9.35. The molecule has 7 heteroatoms. The number of piperidine rings is 1. The van der Waals surface area contributed by atoms with E-state index < -0.39 is 0 Å². The summed E-state index contributed by atoms with van der Waals surface area (Å²) in [5.74, 6) is 0.477. The average Bonchev–Trinajstić information content (AvgIpc) is 3.12. The summed E-state index contributed by atoms with van der Waals surface area (Å²) < 4.78 is 1.94. The maximum absolute atomic E-state index is 12.3. The highest BCUT2D eigenvalue weighted by Crippen LogP contribution is 2.26. The van der Waals surface area contributed by atoms with E-state index in [1.807, 2.05) is 17.9 Å². The van der Waals surface area contributed by atoms with E-state index in [1.165, 1.54) is 10.6 Å². The number of rotatable bonds is 5. The van der Waals surface area contributed by atoms with Crippen LogP contribution in [0.15, 0.2) is 12.3 Å². The Hall–Kier alpha value is -1.73. The predicted octanol–water partition coefficient (Wildman–Crippen LogP) is 2.57. The van der Waals surface area contributed by atoms with Crippen molar-refractivity contribution in [2.45, 2.75) is 39.0 Å². The average molecular weight is 347 g/mol. The molecule has 3 heterocycles. The first kappa shape index (κ1) is 17.1. The number of aromatic nitrogens is 3. The second-order valence-corrected chi connectivity index (χ2v) is 7.58. The molecule has 1 aliphatic heterocycles. The van der Waals surface area contributed by atoms with Crippen LogP contribution in [-0.4, -0.2) is 45.2 Å². The van der Waals surface area contributed by atoms with E-state index >= 15 is 0 Å². The van der Waals surface area contributed by atoms with Gasteiger partial charge in [-0.1, -0.05) is 6.92 Å². The van der Waals surface area contributed by atoms with Gasteiger partial charge in [0.2, 0.25) is 5.91 Å². The summed E-state index contributed by atoms with van der Waals surface area (Å²) in [5, 5.41) is 7.94. The summed E-state index contributed by atoms with van der Waals surface area (Å²) in [6.45, 7) is 6.44. The summed E-state index contributed by atoms with van der Waals surface area (Å²) in [5.41, 5.74) is 2.33. The van der Waals surface area contributed by atoms with Gasteiger partial charge in [0.05, 0.1) is 12.2 Å². The predicted molar refractivity (Wildman–Crippen MR) is 96.5 cm³/mol. The smallest absolute Gasteiger partial charge is 0.240 e. The molecule has 2 aromatic rings. The molecule has 3 rings (SSSR count). The zero-order valence-electron chi connectivity index (χ0n) is 14.6. The van der Waals surface area contributed by atoms with Crippen molar-refractivity contribution in [3.63, 3.8) is 0 Å². The third kappa shape index (κ3) is 3.84. The van der Waals surface area contributed by atoms with E-state index in [9.17, 15) is 4.79 Å². The number of amides is 1. The van der Waals surface area contributed by atoms with Gasteiger partial charge < -0.3 is 5.32 Å². The molecule has 1 saturated heterocycles. The number of carbonyl (C=O) groups excluding carboxylic acids is 1. The number of carbonyl (C=O) groups is 1. The molecule has 130 valence electrons. The van der Waals surface area contributed by atoms with Crippen LogP contribution in [0.3, 0.4) is 0 Å². The van der Waals surface area contributed by atoms with Crippen molar-refractivity contribution >= 4 is 22.4 Å². The van der Waals surface area contributed by atoms with Crippen LogP contribution in [0, 0.1) is 6.92 Å². The van der Waals surface area contributed by atoms with Gasteiger partial charge in [-0.05, 0) is 38.8 Å². The van der Waals surface area contributed by atoms with Gasteiger partial charge in [0.25, 0.3) is 0 Å². The summed E-state index contributed by atoms with van der Waals surface area (Å²) in [6.07, 6.45) is 5.01. The van der Waals surface area contributed by atoms with E-state index in [1.54, 1.807) is 11.3 Å². The third-order valence-electron chi connectivity index (χ3n) is 4.62. The van der Waals surface area contributed by atoms with Crippen LogP contribution in [0.1, 0.15) is 41.9 Å². The van der Waals surface area contributed by atoms with Gasteiger partial charge >= 0.3 is 0 Å². The number of anilines is 1. The van der Waals surface area contributed by atoms with Gasteiger partial charge in [-0.25, -0.2) is 4.98 Å². The Morgan fingerprint density at radius 1 is 1.50 bits per heavy atom. The van der Waals surface area contributed by atoms with Crippen LogP contribution in [0.2, 0.25) is 0 Å². The number of hydrogen-bond acceptors (Lipinski definition) is 5. The van der Waals surface area contributed by atoms with Crippen molar-refractivity contribution in [3.05, 3.63) is 28.5 Å². The van der Waals surface area contributed by atoms with Crippen LogP contribution in [0.4, 0.5) is 5.13 Å². The molecule has 1 aliphatic rings. The Kier molecular flexibility index (Phi) is 5.30. The van der Waals surface area contributed by atoms with Gasteiger partial charge in [-0.15, -0.1) is 11.3 Å². The van der Waals surface area contributed by atoms with Crippen LogP contribution < -0.4 is 5.32 Å². The van der Waals surface area contributed by atoms with Crippen LogP contribution in [0.25, 0.3) is 0 Å². The molecule has 0 spiro atoms. The van der Waals surface area contributed by atoms with E-state index in [4.69, 9.17) is 0 Å². The van der Waals surface area contributed by atoms with Crippen molar-refractivity contribution in [3.8, 4) is 0 Å². The number of hydrogen-bond donors (Lipinski definition) is 1. The van der Waals surface area contributed by atoms with Gasteiger partial charge in [0.15, 0.2) is 5.13 Å². The lowest BCUT2D eigenvalue weighted by atomic mass is 9.94. The lowest BCUT2D eigenvalue weighted by molar-refractivity contribution is -0.117. The fraction of sp³-hybridized carbons (Fsp3) is 0.588. The minimum Gasteiger partial charge on any atom is -0.301 e. The standard InChI is InChI=1S/C17H25N5OS/c1-4-14-12(2)24-17(19-14)20-16(23)11-22-9-5-6-13(10-22)15-7-8-18-21(15)3/h7-8,13H,4-6,9-11H2,1-3H3,(H,19,20,23)/t13-/m0/s1. The zero-order valence-corrected chi connectivity index (χ0v) is 15.4. The maximum Gasteiger partial charge on any atom is 0.240 e. The lowest BCUT2D eigenvalue weighted by Crippen LogP contribution is -2.40. The van der Waals surface area contributed by atoms with E-state index in [2.05, 4.69) is 40.2 Å². The largest absolute Gasteiger partial charge is 0.301 e. The molecule has 6 nitrogen and oxygen atoms in total. The Balaban J connectivity index is 1.56. The molecule has 0 radical (unpaired) electrons. The number of nitrogens with zero attached hydrogens (tertiary/aromatic N) is 4. The Bertz CT molecular complexity index is 708. The fourth-order valence-electron chi connectivity index (χ4n) is 3.40. The third-order valence-corrected chi connectivity index (χ3v) is 5.55. The first-order chi connectivity index (χ1) is 11.6. The van der Waals surface area contributed by atoms with Gasteiger partial charge in [0, 0.05) is 36.3 Å². The summed E-state index contributed by atoms with van der Waals surface area (Å²) in [4.78, 5) is 20.2. The minimum atomic E-state index is 0.0251. The minimum absolute atomic E-state index is 0.0251. The Morgan fingerprint density at radius 2 is 2.33 bits per heavy atom. The maximum atomic E-state index is 12.3. The zero-order chi connectivity index (χ0) is 17.1. The Morgan fingerprint density at radius 3 is 3.00 bits per heavy atom. The molecule has 1 amide bonds. The molecular weight excluding hydrogens is 322 g/mol. The first-order valence-electron chi connectivity index (χ1n) is 8.53. The molecular formula is C17H25N5OS. The number of thiazole rings is 1. The topological polar surface area (TPSA) is 63.1 Å². The second-order valence-electron chi connectivity index (χ2n) is 6.38. The van der Waals surface area contributed by atoms with Crippen molar-refractivity contribution in [2.24, 2.45) is 7.05 Å². The van der Waals surface area contributed by atoms with E-state index in [0.29, 0.717) is 12.5 Å². The summed E-state index contributed by atoms with van der Waals surface area (Å²) in [7, 11) is 1.98. The van der Waals surface area contributed by atoms with E-state index in [0.717, 1.165) is 43.2 Å². The molecule has 0 bridgehead atoms. The highest BCUT2D eigenvalue weighted by molar-refractivity contribution is 7.15. The fourth-order valence-corrected chi connectivity index (χ4v) is 4.32. The molecule has 0 aliphatic carbocycles. The molecule has 24 heavy (non-hydrogen) atoms. The van der Waals surface area contributed by atoms with Crippen molar-refractivity contribution in [1.29, 1.82) is 0 Å².